The Hall–Kier alpha value is -1.36. The molecule has 0 aliphatic heterocycles. The van der Waals surface area contributed by atoms with Crippen molar-refractivity contribution in [2.75, 3.05) is 18.2 Å². The quantitative estimate of drug-likeness (QED) is 0.854. The Balaban J connectivity index is 2.11. The first-order valence-corrected chi connectivity index (χ1v) is 6.56. The van der Waals surface area contributed by atoms with Crippen molar-refractivity contribution in [1.82, 2.24) is 9.97 Å². The van der Waals surface area contributed by atoms with Crippen LogP contribution in [-0.2, 0) is 11.2 Å². The Morgan fingerprint density at radius 2 is 2.17 bits per heavy atom. The fraction of sp³-hybridized carbons (Fsp3) is 0.692. The molecule has 5 nitrogen and oxygen atoms in total. The lowest BCUT2D eigenvalue weighted by Crippen LogP contribution is -2.20. The van der Waals surface area contributed by atoms with Crippen LogP contribution in [0.4, 0.5) is 11.6 Å². The summed E-state index contributed by atoms with van der Waals surface area (Å²) in [6.07, 6.45) is 4.41. The number of aromatic nitrogens is 2. The number of nitrogens with two attached hydrogens (primary N) is 1. The zero-order chi connectivity index (χ0) is 13.1. The monoisotopic (exact) mass is 250 g/mol. The second kappa shape index (κ2) is 5.52. The van der Waals surface area contributed by atoms with Gasteiger partial charge in [0, 0.05) is 25.1 Å². The molecule has 2 atom stereocenters. The maximum Gasteiger partial charge on any atom is 0.134 e. The van der Waals surface area contributed by atoms with Crippen LogP contribution in [0.5, 0.6) is 0 Å². The van der Waals surface area contributed by atoms with Crippen molar-refractivity contribution in [3.8, 4) is 0 Å². The SMILES string of the molecule is CCc1nc(N)c(C)c(NC2CCC(OC)C2)n1. The molecule has 0 saturated heterocycles. The average molecular weight is 250 g/mol. The molecule has 0 aromatic carbocycles. The third-order valence-corrected chi connectivity index (χ3v) is 3.60. The van der Waals surface area contributed by atoms with E-state index >= 15 is 0 Å². The highest BCUT2D eigenvalue weighted by Crippen LogP contribution is 2.26. The van der Waals surface area contributed by atoms with E-state index in [0.717, 1.165) is 42.9 Å². The number of aryl methyl sites for hydroxylation is 1. The number of nitrogens with zero attached hydrogens (tertiary/aromatic N) is 2. The van der Waals surface area contributed by atoms with E-state index in [-0.39, 0.29) is 0 Å². The van der Waals surface area contributed by atoms with Gasteiger partial charge < -0.3 is 15.8 Å². The number of hydrogen-bond acceptors (Lipinski definition) is 5. The molecule has 1 fully saturated rings. The summed E-state index contributed by atoms with van der Waals surface area (Å²) < 4.78 is 5.38. The second-order valence-electron chi connectivity index (χ2n) is 4.86. The van der Waals surface area contributed by atoms with Gasteiger partial charge in [0.2, 0.25) is 0 Å². The molecule has 0 radical (unpaired) electrons. The number of rotatable bonds is 4. The molecule has 1 aromatic rings. The maximum atomic E-state index is 5.91. The molecule has 2 unspecified atom stereocenters. The molecule has 100 valence electrons. The maximum absolute atomic E-state index is 5.91. The molecule has 5 heteroatoms. The third kappa shape index (κ3) is 2.72. The molecule has 1 aliphatic carbocycles. The normalized spacial score (nSPS) is 23.3. The highest BCUT2D eigenvalue weighted by Gasteiger charge is 2.25. The zero-order valence-electron chi connectivity index (χ0n) is 11.4. The molecular weight excluding hydrogens is 228 g/mol. The Kier molecular flexibility index (Phi) is 4.01. The lowest BCUT2D eigenvalue weighted by molar-refractivity contribution is 0.108. The summed E-state index contributed by atoms with van der Waals surface area (Å²) >= 11 is 0. The van der Waals surface area contributed by atoms with Crippen LogP contribution in [0.25, 0.3) is 0 Å². The smallest absolute Gasteiger partial charge is 0.134 e. The van der Waals surface area contributed by atoms with Crippen molar-refractivity contribution in [3.05, 3.63) is 11.4 Å². The minimum atomic E-state index is 0.368. The van der Waals surface area contributed by atoms with Crippen molar-refractivity contribution in [2.24, 2.45) is 0 Å². The van der Waals surface area contributed by atoms with Crippen LogP contribution in [0.15, 0.2) is 0 Å². The highest BCUT2D eigenvalue weighted by atomic mass is 16.5. The lowest BCUT2D eigenvalue weighted by Gasteiger charge is -2.16. The molecule has 3 N–H and O–H groups in total. The molecule has 0 bridgehead atoms. The first-order valence-electron chi connectivity index (χ1n) is 6.56. The third-order valence-electron chi connectivity index (χ3n) is 3.60. The van der Waals surface area contributed by atoms with E-state index in [4.69, 9.17) is 10.5 Å². The van der Waals surface area contributed by atoms with E-state index in [2.05, 4.69) is 15.3 Å². The fourth-order valence-corrected chi connectivity index (χ4v) is 2.36. The first kappa shape index (κ1) is 13.1. The van der Waals surface area contributed by atoms with Gasteiger partial charge in [0.15, 0.2) is 0 Å². The van der Waals surface area contributed by atoms with E-state index in [0.29, 0.717) is 18.0 Å². The predicted octanol–water partition coefficient (Wildman–Crippen LogP) is 1.91. The van der Waals surface area contributed by atoms with E-state index in [1.165, 1.54) is 0 Å². The van der Waals surface area contributed by atoms with Crippen LogP contribution in [0.1, 0.15) is 37.6 Å². The summed E-state index contributed by atoms with van der Waals surface area (Å²) in [5, 5.41) is 3.48. The van der Waals surface area contributed by atoms with Crippen LogP contribution < -0.4 is 11.1 Å². The lowest BCUT2D eigenvalue weighted by atomic mass is 10.2. The Bertz CT molecular complexity index is 422. The summed E-state index contributed by atoms with van der Waals surface area (Å²) in [4.78, 5) is 8.78. The van der Waals surface area contributed by atoms with Gasteiger partial charge in [-0.3, -0.25) is 0 Å². The number of nitrogens with one attached hydrogen (secondary N) is 1. The molecule has 1 saturated carbocycles. The van der Waals surface area contributed by atoms with Crippen molar-refractivity contribution in [3.63, 3.8) is 0 Å². The Morgan fingerprint density at radius 1 is 1.39 bits per heavy atom. The average Bonchev–Trinajstić information content (AvgIpc) is 2.82. The minimum Gasteiger partial charge on any atom is -0.383 e. The van der Waals surface area contributed by atoms with E-state index < -0.39 is 0 Å². The molecule has 0 amide bonds. The summed E-state index contributed by atoms with van der Waals surface area (Å²) in [7, 11) is 1.77. The summed E-state index contributed by atoms with van der Waals surface area (Å²) in [6, 6.07) is 0.424. The van der Waals surface area contributed by atoms with Gasteiger partial charge in [-0.1, -0.05) is 6.92 Å². The van der Waals surface area contributed by atoms with Crippen LogP contribution in [0, 0.1) is 6.92 Å². The molecule has 0 spiro atoms. The van der Waals surface area contributed by atoms with Gasteiger partial charge in [0.25, 0.3) is 0 Å². The number of ether oxygens (including phenoxy) is 1. The standard InChI is InChI=1S/C13H22N4O/c1-4-11-16-12(14)8(2)13(17-11)15-9-5-6-10(7-9)18-3/h9-10H,4-7H2,1-3H3,(H3,14,15,16,17). The van der Waals surface area contributed by atoms with Gasteiger partial charge >= 0.3 is 0 Å². The Morgan fingerprint density at radius 3 is 2.78 bits per heavy atom. The van der Waals surface area contributed by atoms with E-state index in [9.17, 15) is 0 Å². The highest BCUT2D eigenvalue weighted by molar-refractivity contribution is 5.55. The van der Waals surface area contributed by atoms with Gasteiger partial charge in [-0.2, -0.15) is 0 Å². The van der Waals surface area contributed by atoms with Crippen molar-refractivity contribution in [1.29, 1.82) is 0 Å². The molecule has 1 aliphatic rings. The predicted molar refractivity (Wildman–Crippen MR) is 72.6 cm³/mol. The molecule has 18 heavy (non-hydrogen) atoms. The van der Waals surface area contributed by atoms with Crippen LogP contribution in [0.3, 0.4) is 0 Å². The summed E-state index contributed by atoms with van der Waals surface area (Å²) in [6.45, 7) is 3.99. The number of anilines is 2. The van der Waals surface area contributed by atoms with E-state index in [1.807, 2.05) is 13.8 Å². The van der Waals surface area contributed by atoms with Crippen LogP contribution in [0.2, 0.25) is 0 Å². The number of methoxy groups -OCH3 is 1. The second-order valence-corrected chi connectivity index (χ2v) is 4.86. The molecule has 2 rings (SSSR count). The molecule has 1 heterocycles. The van der Waals surface area contributed by atoms with Crippen molar-refractivity contribution in [2.45, 2.75) is 51.7 Å². The van der Waals surface area contributed by atoms with Crippen molar-refractivity contribution >= 4 is 11.6 Å². The van der Waals surface area contributed by atoms with Crippen LogP contribution in [-0.4, -0.2) is 29.2 Å². The summed E-state index contributed by atoms with van der Waals surface area (Å²) in [5.41, 5.74) is 6.85. The van der Waals surface area contributed by atoms with Gasteiger partial charge in [0.1, 0.15) is 17.5 Å². The van der Waals surface area contributed by atoms with E-state index in [1.54, 1.807) is 7.11 Å². The molecule has 1 aromatic heterocycles. The van der Waals surface area contributed by atoms with Crippen LogP contribution >= 0.6 is 0 Å². The first-order chi connectivity index (χ1) is 8.63. The topological polar surface area (TPSA) is 73.1 Å². The zero-order valence-corrected chi connectivity index (χ0v) is 11.4. The number of nitrogen functional groups attached to an aromatic ring is 1. The fourth-order valence-electron chi connectivity index (χ4n) is 2.36. The largest absolute Gasteiger partial charge is 0.383 e. The minimum absolute atomic E-state index is 0.368. The van der Waals surface area contributed by atoms with Gasteiger partial charge in [-0.25, -0.2) is 9.97 Å². The van der Waals surface area contributed by atoms with Gasteiger partial charge in [0.05, 0.1) is 6.10 Å². The van der Waals surface area contributed by atoms with Crippen molar-refractivity contribution < 1.29 is 4.74 Å². The number of hydrogen-bond donors (Lipinski definition) is 2. The Labute approximate surface area is 108 Å². The summed E-state index contributed by atoms with van der Waals surface area (Å²) in [5.74, 6) is 2.24. The van der Waals surface area contributed by atoms with Gasteiger partial charge in [-0.15, -0.1) is 0 Å². The molecular formula is C13H22N4O. The van der Waals surface area contributed by atoms with Gasteiger partial charge in [-0.05, 0) is 26.2 Å².